The molecule has 1 unspecified atom stereocenters. The molecule has 0 bridgehead atoms. The lowest BCUT2D eigenvalue weighted by Crippen LogP contribution is -2.33. The number of furan rings is 1. The van der Waals surface area contributed by atoms with E-state index in [0.717, 1.165) is 50.1 Å². The summed E-state index contributed by atoms with van der Waals surface area (Å²) in [5.74, 6) is 0. The second-order valence-electron chi connectivity index (χ2n) is 24.1. The highest BCUT2D eigenvalue weighted by molar-refractivity contribution is 6.14. The summed E-state index contributed by atoms with van der Waals surface area (Å²) >= 11 is 0. The average Bonchev–Trinajstić information content (AvgIpc) is 1.55. The Morgan fingerprint density at radius 1 is 0.264 bits per heavy atom. The number of para-hydroxylation sites is 4. The Kier molecular flexibility index (Phi) is 9.32. The summed E-state index contributed by atoms with van der Waals surface area (Å²) in [6.45, 7) is 0. The molecule has 16 aromatic rings. The lowest BCUT2D eigenvalue weighted by atomic mass is 9.65. The van der Waals surface area contributed by atoms with E-state index >= 15 is 0 Å². The Labute approximate surface area is 502 Å². The van der Waals surface area contributed by atoms with E-state index in [4.69, 9.17) is 4.42 Å². The van der Waals surface area contributed by atoms with Crippen LogP contribution in [0.5, 0.6) is 0 Å². The molecule has 3 heteroatoms. The number of benzene rings is 14. The predicted octanol–water partition coefficient (Wildman–Crippen LogP) is 21.7. The van der Waals surface area contributed by atoms with E-state index in [0.29, 0.717) is 0 Å². The smallest absolute Gasteiger partial charge is 0.135 e. The molecule has 0 amide bonds. The van der Waals surface area contributed by atoms with E-state index < -0.39 is 10.8 Å². The molecule has 3 nitrogen and oxygen atoms in total. The largest absolute Gasteiger partial charge is 0.456 e. The van der Waals surface area contributed by atoms with Crippen LogP contribution < -0.4 is 4.90 Å². The Balaban J connectivity index is 0.800. The maximum absolute atomic E-state index is 6.29. The molecule has 1 atom stereocenters. The van der Waals surface area contributed by atoms with E-state index in [1.807, 2.05) is 6.07 Å². The first-order valence-electron chi connectivity index (χ1n) is 30.3. The number of aromatic nitrogens is 1. The van der Waals surface area contributed by atoms with Crippen molar-refractivity contribution >= 4 is 71.6 Å². The highest BCUT2D eigenvalue weighted by Crippen LogP contribution is 2.65. The van der Waals surface area contributed by atoms with Crippen molar-refractivity contribution in [2.24, 2.45) is 0 Å². The zero-order valence-electron chi connectivity index (χ0n) is 47.2. The van der Waals surface area contributed by atoms with Crippen LogP contribution >= 0.6 is 0 Å². The van der Waals surface area contributed by atoms with Crippen LogP contribution in [0.1, 0.15) is 44.5 Å². The summed E-state index contributed by atoms with van der Waals surface area (Å²) in [4.78, 5) is 2.51. The normalized spacial score (nSPS) is 15.0. The van der Waals surface area contributed by atoms with E-state index in [1.54, 1.807) is 0 Å². The van der Waals surface area contributed by atoms with Crippen LogP contribution in [-0.4, -0.2) is 4.57 Å². The van der Waals surface area contributed by atoms with Gasteiger partial charge in [-0.2, -0.15) is 0 Å². The molecule has 0 saturated carbocycles. The monoisotopic (exact) mass is 1100 g/mol. The Bertz CT molecular complexity index is 5620. The van der Waals surface area contributed by atoms with Crippen LogP contribution in [0.25, 0.3) is 116 Å². The lowest BCUT2D eigenvalue weighted by Gasteiger charge is -2.39. The van der Waals surface area contributed by atoms with Gasteiger partial charge in [-0.25, -0.2) is 0 Å². The molecule has 20 rings (SSSR count). The third kappa shape index (κ3) is 6.00. The highest BCUT2D eigenvalue weighted by atomic mass is 16.3. The molecule has 1 aliphatic heterocycles. The SMILES string of the molecule is c1ccc2c(c1)-c1ccccc1C21c2ccccc2-c2ccc(N(c3ccc(-c4ccc5oc6ccccc6c5c4)cc3)c3ccc(-c4ccc5c(c4)C4(c6ccccc6-5)c5ccccc5-n5c6ccccc6c6cccc4c65)c4ccccc34)cc21. The summed E-state index contributed by atoms with van der Waals surface area (Å²) in [5, 5.41) is 7.17. The van der Waals surface area contributed by atoms with Crippen molar-refractivity contribution in [3.63, 3.8) is 0 Å². The van der Waals surface area contributed by atoms with Gasteiger partial charge in [-0.1, -0.05) is 237 Å². The van der Waals surface area contributed by atoms with Crippen molar-refractivity contribution in [1.82, 2.24) is 4.57 Å². The molecule has 14 aromatic carbocycles. The Morgan fingerprint density at radius 2 is 0.747 bits per heavy atom. The number of hydrogen-bond donors (Lipinski definition) is 0. The van der Waals surface area contributed by atoms with Crippen molar-refractivity contribution in [2.75, 3.05) is 4.90 Å². The lowest BCUT2D eigenvalue weighted by molar-refractivity contribution is 0.669. The third-order valence-electron chi connectivity index (χ3n) is 20.2. The summed E-state index contributed by atoms with van der Waals surface area (Å²) < 4.78 is 8.82. The summed E-state index contributed by atoms with van der Waals surface area (Å²) in [6, 6.07) is 114. The third-order valence-corrected chi connectivity index (χ3v) is 20.2. The van der Waals surface area contributed by atoms with Gasteiger partial charge in [0.05, 0.1) is 33.2 Å². The molecule has 2 aromatic heterocycles. The maximum atomic E-state index is 6.29. The fraction of sp³-hybridized carbons (Fsp3) is 0.0238. The fourth-order valence-corrected chi connectivity index (χ4v) is 16.8. The molecular formula is C84H50N2O. The van der Waals surface area contributed by atoms with E-state index in [1.165, 1.54) is 127 Å². The minimum absolute atomic E-state index is 0.502. The molecule has 2 spiro atoms. The van der Waals surface area contributed by atoms with Gasteiger partial charge in [0.1, 0.15) is 11.2 Å². The minimum Gasteiger partial charge on any atom is -0.456 e. The quantitative estimate of drug-likeness (QED) is 0.171. The highest BCUT2D eigenvalue weighted by Gasteiger charge is 2.53. The number of hydrogen-bond acceptors (Lipinski definition) is 2. The Morgan fingerprint density at radius 3 is 1.46 bits per heavy atom. The number of anilines is 3. The molecule has 0 saturated heterocycles. The van der Waals surface area contributed by atoms with Crippen LogP contribution in [0.4, 0.5) is 17.1 Å². The summed E-state index contributed by atoms with van der Waals surface area (Å²) in [6.07, 6.45) is 0. The second-order valence-corrected chi connectivity index (χ2v) is 24.1. The Hall–Kier alpha value is -11.3. The van der Waals surface area contributed by atoms with Crippen LogP contribution in [0.2, 0.25) is 0 Å². The van der Waals surface area contributed by atoms with Gasteiger partial charge in [0.2, 0.25) is 0 Å². The van der Waals surface area contributed by atoms with Gasteiger partial charge in [-0.3, -0.25) is 0 Å². The zero-order valence-corrected chi connectivity index (χ0v) is 47.2. The summed E-state index contributed by atoms with van der Waals surface area (Å²) in [7, 11) is 0. The van der Waals surface area contributed by atoms with Crippen LogP contribution in [0.3, 0.4) is 0 Å². The van der Waals surface area contributed by atoms with Crippen LogP contribution in [-0.2, 0) is 10.8 Å². The standard InChI is InChI=1S/C84H50N2O/c1-2-23-64-57(18-1)56(53-38-43-62-60-21-6-12-30-72(60)84(75(62)49-53)73-31-13-15-34-79(73)86-77-33-14-7-24-65(77)67-26-17-32-74(84)82(67)86)45-46-78(64)85(54-40-36-51(37-41-54)52-39-47-81-68(48-52)66-25-8-16-35-80(66)87-81)55-42-44-63-61-22-5-11-29-71(61)83(76(63)50-55)69-27-9-3-19-58(69)59-20-4-10-28-70(59)83/h1-50H. The molecule has 0 fully saturated rings. The minimum atomic E-state index is -0.565. The van der Waals surface area contributed by atoms with Gasteiger partial charge in [0.25, 0.3) is 0 Å². The molecule has 3 heterocycles. The number of fused-ring (bicyclic) bond motifs is 26. The number of rotatable bonds is 5. The van der Waals surface area contributed by atoms with Gasteiger partial charge in [-0.05, 0) is 172 Å². The van der Waals surface area contributed by atoms with Gasteiger partial charge in [0.15, 0.2) is 0 Å². The molecule has 0 N–H and O–H groups in total. The van der Waals surface area contributed by atoms with E-state index in [-0.39, 0.29) is 0 Å². The molecule has 0 radical (unpaired) electrons. The average molecular weight is 1100 g/mol. The molecule has 87 heavy (non-hydrogen) atoms. The first-order chi connectivity index (χ1) is 43.2. The van der Waals surface area contributed by atoms with E-state index in [9.17, 15) is 0 Å². The summed E-state index contributed by atoms with van der Waals surface area (Å²) in [5.41, 5.74) is 30.7. The molecule has 4 aliphatic rings. The van der Waals surface area contributed by atoms with Gasteiger partial charge in [-0.15, -0.1) is 0 Å². The molecule has 402 valence electrons. The first kappa shape index (κ1) is 47.1. The molecular weight excluding hydrogens is 1050 g/mol. The number of nitrogens with zero attached hydrogens (tertiary/aromatic N) is 2. The van der Waals surface area contributed by atoms with Crippen LogP contribution in [0, 0.1) is 0 Å². The molecule has 3 aliphatic carbocycles. The first-order valence-corrected chi connectivity index (χ1v) is 30.3. The van der Waals surface area contributed by atoms with Crippen molar-refractivity contribution in [2.45, 2.75) is 10.8 Å². The fourth-order valence-electron chi connectivity index (χ4n) is 16.8. The van der Waals surface area contributed by atoms with E-state index in [2.05, 4.69) is 307 Å². The second kappa shape index (κ2) is 17.2. The van der Waals surface area contributed by atoms with Crippen molar-refractivity contribution < 1.29 is 4.42 Å². The van der Waals surface area contributed by atoms with Crippen molar-refractivity contribution in [3.05, 3.63) is 348 Å². The predicted molar refractivity (Wildman–Crippen MR) is 358 cm³/mol. The van der Waals surface area contributed by atoms with Crippen molar-refractivity contribution in [3.8, 4) is 61.3 Å². The zero-order chi connectivity index (χ0) is 56.7. The maximum Gasteiger partial charge on any atom is 0.135 e. The van der Waals surface area contributed by atoms with Crippen LogP contribution in [0.15, 0.2) is 308 Å². The van der Waals surface area contributed by atoms with Crippen molar-refractivity contribution in [1.29, 1.82) is 0 Å². The van der Waals surface area contributed by atoms with Gasteiger partial charge in [0, 0.05) is 38.3 Å². The van der Waals surface area contributed by atoms with Gasteiger partial charge < -0.3 is 13.9 Å². The topological polar surface area (TPSA) is 21.3 Å². The van der Waals surface area contributed by atoms with Gasteiger partial charge >= 0.3 is 0 Å².